The van der Waals surface area contributed by atoms with Gasteiger partial charge in [0.15, 0.2) is 5.82 Å². The molecule has 0 aromatic heterocycles. The third-order valence-electron chi connectivity index (χ3n) is 1.24. The van der Waals surface area contributed by atoms with Gasteiger partial charge >= 0.3 is 6.04 Å². The normalized spacial score (nSPS) is 10.0. The highest BCUT2D eigenvalue weighted by atomic mass is 35.5. The quantitative estimate of drug-likeness (QED) is 0.496. The fourth-order valence-corrected chi connectivity index (χ4v) is 0.865. The lowest BCUT2D eigenvalue weighted by Crippen LogP contribution is -2.00. The van der Waals surface area contributed by atoms with E-state index in [0.717, 1.165) is 12.1 Å². The van der Waals surface area contributed by atoms with Crippen molar-refractivity contribution in [3.63, 3.8) is 0 Å². The lowest BCUT2D eigenvalue weighted by atomic mass is 10.2. The van der Waals surface area contributed by atoms with E-state index in [0.29, 0.717) is 0 Å². The lowest BCUT2D eigenvalue weighted by molar-refractivity contribution is 0.0826. The topological polar surface area (TPSA) is 17.1 Å². The molecule has 1 aromatic carbocycles. The van der Waals surface area contributed by atoms with Crippen molar-refractivity contribution in [2.75, 3.05) is 0 Å². The van der Waals surface area contributed by atoms with Crippen LogP contribution in [0.1, 0.15) is 10.4 Å². The van der Waals surface area contributed by atoms with Crippen LogP contribution >= 0.6 is 11.6 Å². The molecule has 0 aliphatic heterocycles. The first-order valence-corrected chi connectivity index (χ1v) is 3.25. The highest BCUT2D eigenvalue weighted by Crippen LogP contribution is 2.21. The monoisotopic (exact) mass is 194 g/mol. The van der Waals surface area contributed by atoms with Gasteiger partial charge in [-0.25, -0.2) is 8.78 Å². The molecule has 0 atom stereocenters. The van der Waals surface area contributed by atoms with E-state index in [1.165, 1.54) is 0 Å². The Morgan fingerprint density at radius 1 is 1.33 bits per heavy atom. The van der Waals surface area contributed by atoms with E-state index in [1.54, 1.807) is 0 Å². The van der Waals surface area contributed by atoms with Gasteiger partial charge in [-0.1, -0.05) is 11.6 Å². The predicted octanol–water partition coefficient (Wildman–Crippen LogP) is 2.73. The standard InChI is InChI=1S/C7H2ClF3O/c8-3-1-2-4(9)5(6(3)10)7(11)12/h1-2H. The summed E-state index contributed by atoms with van der Waals surface area (Å²) in [7, 11) is 0. The Morgan fingerprint density at radius 2 is 1.92 bits per heavy atom. The third kappa shape index (κ3) is 1.43. The molecule has 1 rings (SSSR count). The van der Waals surface area contributed by atoms with Crippen LogP contribution in [0.2, 0.25) is 5.02 Å². The van der Waals surface area contributed by atoms with Crippen LogP contribution in [0, 0.1) is 11.6 Å². The van der Waals surface area contributed by atoms with Gasteiger partial charge in [0, 0.05) is 0 Å². The minimum atomic E-state index is -2.17. The van der Waals surface area contributed by atoms with Crippen molar-refractivity contribution < 1.29 is 18.0 Å². The first kappa shape index (κ1) is 9.06. The number of carbonyl (C=O) groups excluding carboxylic acids is 1. The first-order chi connectivity index (χ1) is 5.54. The first-order valence-electron chi connectivity index (χ1n) is 2.87. The summed E-state index contributed by atoms with van der Waals surface area (Å²) in [5, 5.41) is -0.489. The van der Waals surface area contributed by atoms with Gasteiger partial charge < -0.3 is 0 Å². The molecule has 0 amide bonds. The van der Waals surface area contributed by atoms with Gasteiger partial charge in [0.2, 0.25) is 0 Å². The minimum absolute atomic E-state index is 0.489. The van der Waals surface area contributed by atoms with E-state index in [-0.39, 0.29) is 0 Å². The zero-order valence-electron chi connectivity index (χ0n) is 5.57. The summed E-state index contributed by atoms with van der Waals surface area (Å²) in [5.41, 5.74) is -1.25. The maximum atomic E-state index is 12.7. The summed E-state index contributed by atoms with van der Waals surface area (Å²) in [5.74, 6) is -2.63. The van der Waals surface area contributed by atoms with E-state index >= 15 is 0 Å². The Morgan fingerprint density at radius 3 is 2.33 bits per heavy atom. The molecule has 0 heterocycles. The Labute approximate surface area is 70.8 Å². The van der Waals surface area contributed by atoms with Crippen LogP contribution in [0.25, 0.3) is 0 Å². The summed E-state index contributed by atoms with van der Waals surface area (Å²) in [6.45, 7) is 0. The number of benzene rings is 1. The van der Waals surface area contributed by atoms with Gasteiger partial charge in [0.05, 0.1) is 5.02 Å². The van der Waals surface area contributed by atoms with Crippen LogP contribution in [0.3, 0.4) is 0 Å². The number of rotatable bonds is 1. The second-order valence-corrected chi connectivity index (χ2v) is 2.40. The maximum Gasteiger partial charge on any atom is 0.338 e. The molecule has 0 aliphatic rings. The van der Waals surface area contributed by atoms with Crippen LogP contribution in [0.5, 0.6) is 0 Å². The zero-order chi connectivity index (χ0) is 9.30. The number of hydrogen-bond donors (Lipinski definition) is 0. The largest absolute Gasteiger partial charge is 0.338 e. The molecule has 0 unspecified atom stereocenters. The van der Waals surface area contributed by atoms with E-state index in [2.05, 4.69) is 0 Å². The number of hydrogen-bond acceptors (Lipinski definition) is 1. The molecule has 0 N–H and O–H groups in total. The zero-order valence-corrected chi connectivity index (χ0v) is 6.33. The van der Waals surface area contributed by atoms with Crippen molar-refractivity contribution in [1.82, 2.24) is 0 Å². The van der Waals surface area contributed by atoms with Gasteiger partial charge in [-0.3, -0.25) is 4.79 Å². The smallest absolute Gasteiger partial charge is 0.255 e. The van der Waals surface area contributed by atoms with Gasteiger partial charge in [0.1, 0.15) is 11.4 Å². The second kappa shape index (κ2) is 3.15. The van der Waals surface area contributed by atoms with E-state index in [4.69, 9.17) is 11.6 Å². The Balaban J connectivity index is 3.43. The molecule has 12 heavy (non-hydrogen) atoms. The van der Waals surface area contributed by atoms with Crippen molar-refractivity contribution >= 4 is 17.6 Å². The lowest BCUT2D eigenvalue weighted by Gasteiger charge is -1.98. The average Bonchev–Trinajstić information content (AvgIpc) is 1.97. The van der Waals surface area contributed by atoms with Crippen molar-refractivity contribution in [3.8, 4) is 0 Å². The molecular formula is C7H2ClF3O. The molecule has 0 radical (unpaired) electrons. The van der Waals surface area contributed by atoms with Crippen LogP contribution in [-0.4, -0.2) is 6.04 Å². The van der Waals surface area contributed by atoms with Crippen molar-refractivity contribution in [2.24, 2.45) is 0 Å². The van der Waals surface area contributed by atoms with Gasteiger partial charge in [0.25, 0.3) is 0 Å². The molecule has 64 valence electrons. The molecular weight excluding hydrogens is 193 g/mol. The molecule has 1 nitrogen and oxygen atoms in total. The van der Waals surface area contributed by atoms with E-state index in [1.807, 2.05) is 0 Å². The van der Waals surface area contributed by atoms with Crippen LogP contribution in [-0.2, 0) is 0 Å². The van der Waals surface area contributed by atoms with Gasteiger partial charge in [-0.2, -0.15) is 4.39 Å². The SMILES string of the molecule is O=C(F)c1c(F)ccc(Cl)c1F. The fourth-order valence-electron chi connectivity index (χ4n) is 0.707. The van der Waals surface area contributed by atoms with Gasteiger partial charge in [-0.15, -0.1) is 0 Å². The van der Waals surface area contributed by atoms with Crippen molar-refractivity contribution in [3.05, 3.63) is 34.4 Å². The summed E-state index contributed by atoms with van der Waals surface area (Å²) >= 11 is 5.17. The van der Waals surface area contributed by atoms with E-state index in [9.17, 15) is 18.0 Å². The number of carbonyl (C=O) groups is 1. The summed E-state index contributed by atoms with van der Waals surface area (Å²) < 4.78 is 37.2. The minimum Gasteiger partial charge on any atom is -0.255 e. The molecule has 1 aromatic rings. The average molecular weight is 195 g/mol. The summed E-state index contributed by atoms with van der Waals surface area (Å²) in [6, 6.07) is -0.552. The van der Waals surface area contributed by atoms with E-state index < -0.39 is 28.3 Å². The number of halogens is 4. The van der Waals surface area contributed by atoms with Crippen molar-refractivity contribution in [1.29, 1.82) is 0 Å². The molecule has 0 saturated carbocycles. The molecule has 0 fully saturated rings. The van der Waals surface area contributed by atoms with Crippen molar-refractivity contribution in [2.45, 2.75) is 0 Å². The van der Waals surface area contributed by atoms with Gasteiger partial charge in [-0.05, 0) is 12.1 Å². The fraction of sp³-hybridized carbons (Fsp3) is 0. The maximum absolute atomic E-state index is 12.7. The van der Waals surface area contributed by atoms with Crippen LogP contribution < -0.4 is 0 Å². The van der Waals surface area contributed by atoms with Crippen LogP contribution in [0.4, 0.5) is 13.2 Å². The predicted molar refractivity (Wildman–Crippen MR) is 36.8 cm³/mol. The summed E-state index contributed by atoms with van der Waals surface area (Å²) in [4.78, 5) is 10.0. The van der Waals surface area contributed by atoms with Crippen LogP contribution in [0.15, 0.2) is 12.1 Å². The summed E-state index contributed by atoms with van der Waals surface area (Å²) in [6.07, 6.45) is 0. The molecule has 0 saturated heterocycles. The Bertz CT molecular complexity index is 338. The molecule has 5 heteroatoms. The highest BCUT2D eigenvalue weighted by Gasteiger charge is 2.18. The second-order valence-electron chi connectivity index (χ2n) is 1.99. The molecule has 0 spiro atoms. The molecule has 0 aliphatic carbocycles. The Kier molecular flexibility index (Phi) is 2.38. The highest BCUT2D eigenvalue weighted by molar-refractivity contribution is 6.31. The third-order valence-corrected chi connectivity index (χ3v) is 1.53. The Hall–Kier alpha value is -1.03. The molecule has 0 bridgehead atoms.